The molecule has 0 aliphatic heterocycles. The summed E-state index contributed by atoms with van der Waals surface area (Å²) in [5.41, 5.74) is 1.41. The lowest BCUT2D eigenvalue weighted by Crippen LogP contribution is -2.30. The smallest absolute Gasteiger partial charge is 0.306 e. The molecule has 2 unspecified atom stereocenters. The van der Waals surface area contributed by atoms with Crippen LogP contribution in [-0.2, 0) is 9.59 Å². The van der Waals surface area contributed by atoms with Gasteiger partial charge in [-0.1, -0.05) is 18.0 Å². The summed E-state index contributed by atoms with van der Waals surface area (Å²) in [4.78, 5) is 22.1. The van der Waals surface area contributed by atoms with Crippen LogP contribution >= 0.6 is 11.6 Å². The second-order valence-electron chi connectivity index (χ2n) is 5.42. The van der Waals surface area contributed by atoms with Crippen LogP contribution in [0, 0.1) is 5.92 Å². The SMILES string of the molecule is CC(=O)Nc1ccc(NC2CCCC(C(=O)O)C2)cc1Cl. The number of carbonyl (C=O) groups excluding carboxylic acids is 1. The number of anilines is 2. The van der Waals surface area contributed by atoms with Gasteiger partial charge in [-0.2, -0.15) is 0 Å². The molecule has 1 aromatic rings. The van der Waals surface area contributed by atoms with Gasteiger partial charge in [0, 0.05) is 18.7 Å². The van der Waals surface area contributed by atoms with Crippen LogP contribution in [0.15, 0.2) is 18.2 Å². The standard InChI is InChI=1S/C15H19ClN2O3/c1-9(19)17-14-6-5-12(8-13(14)16)18-11-4-2-3-10(7-11)15(20)21/h5-6,8,10-11,18H,2-4,7H2,1H3,(H,17,19)(H,20,21). The van der Waals surface area contributed by atoms with E-state index in [4.69, 9.17) is 16.7 Å². The molecule has 2 atom stereocenters. The maximum absolute atomic E-state index is 11.1. The molecule has 21 heavy (non-hydrogen) atoms. The number of amides is 1. The first kappa shape index (κ1) is 15.6. The Morgan fingerprint density at radius 1 is 1.33 bits per heavy atom. The lowest BCUT2D eigenvalue weighted by atomic mass is 9.85. The first-order valence-corrected chi connectivity index (χ1v) is 7.40. The summed E-state index contributed by atoms with van der Waals surface area (Å²) in [7, 11) is 0. The van der Waals surface area contributed by atoms with E-state index < -0.39 is 5.97 Å². The third-order valence-corrected chi connectivity index (χ3v) is 3.99. The molecule has 1 fully saturated rings. The number of rotatable bonds is 4. The average molecular weight is 311 g/mol. The Morgan fingerprint density at radius 3 is 2.71 bits per heavy atom. The Morgan fingerprint density at radius 2 is 2.10 bits per heavy atom. The quantitative estimate of drug-likeness (QED) is 0.797. The third kappa shape index (κ3) is 4.36. The van der Waals surface area contributed by atoms with E-state index in [1.165, 1.54) is 6.92 Å². The maximum atomic E-state index is 11.1. The van der Waals surface area contributed by atoms with Gasteiger partial charge in [0.15, 0.2) is 0 Å². The number of aliphatic carboxylic acids is 1. The molecule has 0 heterocycles. The van der Waals surface area contributed by atoms with Crippen molar-refractivity contribution in [1.82, 2.24) is 0 Å². The summed E-state index contributed by atoms with van der Waals surface area (Å²) in [5, 5.41) is 15.5. The molecule has 1 aliphatic rings. The Bertz CT molecular complexity index is 548. The van der Waals surface area contributed by atoms with Gasteiger partial charge in [-0.3, -0.25) is 9.59 Å². The van der Waals surface area contributed by atoms with Gasteiger partial charge in [0.1, 0.15) is 0 Å². The average Bonchev–Trinajstić information content (AvgIpc) is 2.42. The van der Waals surface area contributed by atoms with Crippen molar-refractivity contribution >= 4 is 34.9 Å². The Hall–Kier alpha value is -1.75. The number of carbonyl (C=O) groups is 2. The highest BCUT2D eigenvalue weighted by Crippen LogP contribution is 2.30. The topological polar surface area (TPSA) is 78.4 Å². The lowest BCUT2D eigenvalue weighted by Gasteiger charge is -2.28. The summed E-state index contributed by atoms with van der Waals surface area (Å²) in [6.45, 7) is 1.43. The molecule has 1 saturated carbocycles. The summed E-state index contributed by atoms with van der Waals surface area (Å²) in [6.07, 6.45) is 3.23. The number of carboxylic acid groups (broad SMARTS) is 1. The first-order valence-electron chi connectivity index (χ1n) is 7.02. The number of hydrogen-bond donors (Lipinski definition) is 3. The molecule has 1 amide bonds. The predicted octanol–water partition coefficient (Wildman–Crippen LogP) is 3.35. The summed E-state index contributed by atoms with van der Waals surface area (Å²) < 4.78 is 0. The molecule has 2 rings (SSSR count). The second-order valence-corrected chi connectivity index (χ2v) is 5.83. The molecule has 1 aromatic carbocycles. The first-order chi connectivity index (χ1) is 9.95. The van der Waals surface area contributed by atoms with Crippen LogP contribution in [-0.4, -0.2) is 23.0 Å². The molecule has 0 radical (unpaired) electrons. The zero-order chi connectivity index (χ0) is 15.4. The number of hydrogen-bond acceptors (Lipinski definition) is 3. The fraction of sp³-hybridized carbons (Fsp3) is 0.467. The maximum Gasteiger partial charge on any atom is 0.306 e. The Labute approximate surface area is 128 Å². The second kappa shape index (κ2) is 6.80. The zero-order valence-corrected chi connectivity index (χ0v) is 12.6. The van der Waals surface area contributed by atoms with E-state index in [1.807, 2.05) is 6.07 Å². The molecule has 0 aromatic heterocycles. The van der Waals surface area contributed by atoms with Crippen molar-refractivity contribution in [2.75, 3.05) is 10.6 Å². The number of benzene rings is 1. The predicted molar refractivity (Wildman–Crippen MR) is 82.8 cm³/mol. The number of halogens is 1. The minimum Gasteiger partial charge on any atom is -0.481 e. The van der Waals surface area contributed by atoms with Crippen molar-refractivity contribution in [3.63, 3.8) is 0 Å². The fourth-order valence-corrected chi connectivity index (χ4v) is 2.90. The molecule has 114 valence electrons. The summed E-state index contributed by atoms with van der Waals surface area (Å²) >= 11 is 6.12. The van der Waals surface area contributed by atoms with Crippen LogP contribution in [0.3, 0.4) is 0 Å². The van der Waals surface area contributed by atoms with Gasteiger partial charge in [0.05, 0.1) is 16.6 Å². The molecular weight excluding hydrogens is 292 g/mol. The molecule has 0 spiro atoms. The van der Waals surface area contributed by atoms with E-state index in [0.29, 0.717) is 17.1 Å². The molecule has 3 N–H and O–H groups in total. The van der Waals surface area contributed by atoms with E-state index in [2.05, 4.69) is 10.6 Å². The van der Waals surface area contributed by atoms with Crippen LogP contribution in [0.4, 0.5) is 11.4 Å². The van der Waals surface area contributed by atoms with Crippen LogP contribution in [0.1, 0.15) is 32.6 Å². The van der Waals surface area contributed by atoms with Gasteiger partial charge in [0.2, 0.25) is 5.91 Å². The van der Waals surface area contributed by atoms with Crippen molar-refractivity contribution in [3.05, 3.63) is 23.2 Å². The van der Waals surface area contributed by atoms with Crippen LogP contribution in [0.2, 0.25) is 5.02 Å². The largest absolute Gasteiger partial charge is 0.481 e. The Balaban J connectivity index is 2.01. The number of nitrogens with one attached hydrogen (secondary N) is 2. The molecule has 5 nitrogen and oxygen atoms in total. The number of carboxylic acids is 1. The molecular formula is C15H19ClN2O3. The van der Waals surface area contributed by atoms with Crippen molar-refractivity contribution in [1.29, 1.82) is 0 Å². The van der Waals surface area contributed by atoms with Gasteiger partial charge < -0.3 is 15.7 Å². The van der Waals surface area contributed by atoms with Gasteiger partial charge >= 0.3 is 5.97 Å². The highest BCUT2D eigenvalue weighted by molar-refractivity contribution is 6.34. The fourth-order valence-electron chi connectivity index (χ4n) is 2.68. The summed E-state index contributed by atoms with van der Waals surface area (Å²) in [5.74, 6) is -1.17. The van der Waals surface area contributed by atoms with Gasteiger partial charge in [-0.15, -0.1) is 0 Å². The van der Waals surface area contributed by atoms with E-state index >= 15 is 0 Å². The van der Waals surface area contributed by atoms with Gasteiger partial charge in [-0.05, 0) is 37.5 Å². The van der Waals surface area contributed by atoms with Crippen molar-refractivity contribution in [2.45, 2.75) is 38.6 Å². The Kier molecular flexibility index (Phi) is 5.07. The normalized spacial score (nSPS) is 21.6. The van der Waals surface area contributed by atoms with Crippen LogP contribution < -0.4 is 10.6 Å². The van der Waals surface area contributed by atoms with Gasteiger partial charge in [-0.25, -0.2) is 0 Å². The van der Waals surface area contributed by atoms with E-state index in [-0.39, 0.29) is 17.9 Å². The minimum atomic E-state index is -0.722. The van der Waals surface area contributed by atoms with E-state index in [1.54, 1.807) is 12.1 Å². The summed E-state index contributed by atoms with van der Waals surface area (Å²) in [6, 6.07) is 5.46. The minimum absolute atomic E-state index is 0.141. The highest BCUT2D eigenvalue weighted by atomic mass is 35.5. The van der Waals surface area contributed by atoms with Crippen molar-refractivity contribution in [3.8, 4) is 0 Å². The monoisotopic (exact) mass is 310 g/mol. The van der Waals surface area contributed by atoms with E-state index in [9.17, 15) is 9.59 Å². The zero-order valence-electron chi connectivity index (χ0n) is 11.9. The van der Waals surface area contributed by atoms with Crippen molar-refractivity contribution < 1.29 is 14.7 Å². The van der Waals surface area contributed by atoms with Crippen LogP contribution in [0.25, 0.3) is 0 Å². The molecule has 0 saturated heterocycles. The van der Waals surface area contributed by atoms with Crippen molar-refractivity contribution in [2.24, 2.45) is 5.92 Å². The third-order valence-electron chi connectivity index (χ3n) is 3.67. The highest BCUT2D eigenvalue weighted by Gasteiger charge is 2.26. The molecule has 6 heteroatoms. The lowest BCUT2D eigenvalue weighted by molar-refractivity contribution is -0.142. The van der Waals surface area contributed by atoms with Gasteiger partial charge in [0.25, 0.3) is 0 Å². The van der Waals surface area contributed by atoms with E-state index in [0.717, 1.165) is 24.9 Å². The van der Waals surface area contributed by atoms with Crippen LogP contribution in [0.5, 0.6) is 0 Å². The molecule has 0 bridgehead atoms. The molecule has 1 aliphatic carbocycles.